The summed E-state index contributed by atoms with van der Waals surface area (Å²) in [6, 6.07) is 52.1. The molecule has 0 amide bonds. The Labute approximate surface area is 295 Å². The van der Waals surface area contributed by atoms with E-state index in [1.807, 2.05) is 78.1 Å². The highest BCUT2D eigenvalue weighted by atomic mass is 32.1. The van der Waals surface area contributed by atoms with Crippen molar-refractivity contribution in [1.82, 2.24) is 15.0 Å². The number of benzene rings is 7. The smallest absolute Gasteiger partial charge is 0.167 e. The van der Waals surface area contributed by atoms with E-state index in [4.69, 9.17) is 23.8 Å². The van der Waals surface area contributed by atoms with Crippen LogP contribution in [0.5, 0.6) is 0 Å². The van der Waals surface area contributed by atoms with Gasteiger partial charge in [0, 0.05) is 64.0 Å². The Balaban J connectivity index is 1.13. The molecule has 0 aliphatic carbocycles. The van der Waals surface area contributed by atoms with Gasteiger partial charge < -0.3 is 8.83 Å². The summed E-state index contributed by atoms with van der Waals surface area (Å²) in [4.78, 5) is 15.2. The van der Waals surface area contributed by atoms with Gasteiger partial charge in [0.15, 0.2) is 17.5 Å². The van der Waals surface area contributed by atoms with Crippen LogP contribution in [0.2, 0.25) is 0 Å². The zero-order valence-electron chi connectivity index (χ0n) is 27.0. The maximum absolute atomic E-state index is 6.92. The lowest BCUT2D eigenvalue weighted by atomic mass is 10.00. The SMILES string of the molecule is c1ccc(-c2nc(-c3ccc4oc5ccccc5c4c3)nc(-c3cccc4c3oc3c(-c5cccc6c5sc5ccccc56)cccc34)n2)cc1. The molecule has 0 unspecified atom stereocenters. The number of rotatable bonds is 4. The standard InChI is InChI=1S/C45H25N3O2S/c1-2-11-26(12-3-1)43-46-44(27-23-24-38-36(25-27)28-13-4-6-21-37(28)49-38)48-45(47-43)35-20-9-16-31-30-15-8-17-32(40(30)50-41(31)35)34-19-10-18-33-29-14-5-7-22-39(29)51-42(33)34/h1-25H. The predicted molar refractivity (Wildman–Crippen MR) is 209 cm³/mol. The van der Waals surface area contributed by atoms with Crippen molar-refractivity contribution in [2.24, 2.45) is 0 Å². The summed E-state index contributed by atoms with van der Waals surface area (Å²) in [7, 11) is 0. The Bertz CT molecular complexity index is 3160. The molecule has 6 heteroatoms. The van der Waals surface area contributed by atoms with Gasteiger partial charge in [0.2, 0.25) is 0 Å². The first kappa shape index (κ1) is 28.2. The Morgan fingerprint density at radius 1 is 0.373 bits per heavy atom. The van der Waals surface area contributed by atoms with Gasteiger partial charge in [-0.05, 0) is 36.4 Å². The number of fused-ring (bicyclic) bond motifs is 9. The van der Waals surface area contributed by atoms with Crippen molar-refractivity contribution in [1.29, 1.82) is 0 Å². The van der Waals surface area contributed by atoms with Crippen LogP contribution in [-0.4, -0.2) is 15.0 Å². The average Bonchev–Trinajstić information content (AvgIpc) is 3.89. The average molecular weight is 672 g/mol. The van der Waals surface area contributed by atoms with E-state index in [1.54, 1.807) is 0 Å². The summed E-state index contributed by atoms with van der Waals surface area (Å²) in [6.07, 6.45) is 0. The van der Waals surface area contributed by atoms with Gasteiger partial charge in [0.05, 0.1) is 5.56 Å². The molecule has 5 nitrogen and oxygen atoms in total. The third-order valence-corrected chi connectivity index (χ3v) is 11.0. The van der Waals surface area contributed by atoms with Gasteiger partial charge in [-0.3, -0.25) is 0 Å². The lowest BCUT2D eigenvalue weighted by molar-refractivity contribution is 0.669. The van der Waals surface area contributed by atoms with Gasteiger partial charge in [0.25, 0.3) is 0 Å². The lowest BCUT2D eigenvalue weighted by Crippen LogP contribution is -2.00. The van der Waals surface area contributed by atoms with E-state index in [1.165, 1.54) is 20.2 Å². The highest BCUT2D eigenvalue weighted by molar-refractivity contribution is 7.26. The summed E-state index contributed by atoms with van der Waals surface area (Å²) in [5, 5.41) is 6.68. The third kappa shape index (κ3) is 4.37. The minimum atomic E-state index is 0.550. The van der Waals surface area contributed by atoms with Crippen LogP contribution in [0.25, 0.3) is 109 Å². The number of para-hydroxylation sites is 3. The van der Waals surface area contributed by atoms with Crippen molar-refractivity contribution >= 4 is 75.4 Å². The van der Waals surface area contributed by atoms with E-state index in [0.29, 0.717) is 17.5 Å². The summed E-state index contributed by atoms with van der Waals surface area (Å²) >= 11 is 1.82. The van der Waals surface area contributed by atoms with Crippen molar-refractivity contribution in [2.45, 2.75) is 0 Å². The maximum Gasteiger partial charge on any atom is 0.167 e. The number of hydrogen-bond donors (Lipinski definition) is 0. The molecule has 0 fully saturated rings. The summed E-state index contributed by atoms with van der Waals surface area (Å²) in [5.74, 6) is 1.73. The van der Waals surface area contributed by atoms with Crippen LogP contribution in [0.4, 0.5) is 0 Å². The molecular weight excluding hydrogens is 647 g/mol. The number of thiophene rings is 1. The third-order valence-electron chi connectivity index (χ3n) is 9.76. The molecule has 11 aromatic rings. The molecule has 0 radical (unpaired) electrons. The van der Waals surface area contributed by atoms with Gasteiger partial charge >= 0.3 is 0 Å². The molecular formula is C45H25N3O2S. The lowest BCUT2D eigenvalue weighted by Gasteiger charge is -2.09. The molecule has 0 bridgehead atoms. The minimum Gasteiger partial charge on any atom is -0.456 e. The monoisotopic (exact) mass is 671 g/mol. The van der Waals surface area contributed by atoms with E-state index in [0.717, 1.165) is 71.7 Å². The Hall–Kier alpha value is -6.63. The summed E-state index contributed by atoms with van der Waals surface area (Å²) in [6.45, 7) is 0. The molecule has 0 aliphatic heterocycles. The fraction of sp³-hybridized carbons (Fsp3) is 0. The Morgan fingerprint density at radius 3 is 1.82 bits per heavy atom. The van der Waals surface area contributed by atoms with Crippen LogP contribution in [0.15, 0.2) is 160 Å². The molecule has 0 spiro atoms. The van der Waals surface area contributed by atoms with Gasteiger partial charge in [-0.25, -0.2) is 15.0 Å². The number of furan rings is 2. The molecule has 11 rings (SSSR count). The van der Waals surface area contributed by atoms with E-state index >= 15 is 0 Å². The van der Waals surface area contributed by atoms with Crippen LogP contribution in [0.1, 0.15) is 0 Å². The highest BCUT2D eigenvalue weighted by Crippen LogP contribution is 2.44. The van der Waals surface area contributed by atoms with Crippen molar-refractivity contribution < 1.29 is 8.83 Å². The van der Waals surface area contributed by atoms with Crippen LogP contribution in [0.3, 0.4) is 0 Å². The van der Waals surface area contributed by atoms with Crippen molar-refractivity contribution in [3.63, 3.8) is 0 Å². The van der Waals surface area contributed by atoms with Crippen LogP contribution in [-0.2, 0) is 0 Å². The zero-order chi connectivity index (χ0) is 33.5. The van der Waals surface area contributed by atoms with Gasteiger partial charge in [-0.15, -0.1) is 11.3 Å². The maximum atomic E-state index is 6.92. The fourth-order valence-electron chi connectivity index (χ4n) is 7.37. The van der Waals surface area contributed by atoms with Crippen molar-refractivity contribution in [3.05, 3.63) is 152 Å². The highest BCUT2D eigenvalue weighted by Gasteiger charge is 2.21. The molecule has 0 aliphatic rings. The van der Waals surface area contributed by atoms with Crippen molar-refractivity contribution in [2.75, 3.05) is 0 Å². The van der Waals surface area contributed by atoms with Gasteiger partial charge in [-0.2, -0.15) is 0 Å². The van der Waals surface area contributed by atoms with Gasteiger partial charge in [0.1, 0.15) is 22.3 Å². The summed E-state index contributed by atoms with van der Waals surface area (Å²) in [5.41, 5.74) is 8.10. The molecule has 0 N–H and O–H groups in total. The van der Waals surface area contributed by atoms with Gasteiger partial charge in [-0.1, -0.05) is 115 Å². The molecule has 7 aromatic carbocycles. The zero-order valence-corrected chi connectivity index (χ0v) is 27.8. The molecule has 4 heterocycles. The number of nitrogens with zero attached hydrogens (tertiary/aromatic N) is 3. The normalized spacial score (nSPS) is 11.9. The molecule has 51 heavy (non-hydrogen) atoms. The molecule has 238 valence electrons. The predicted octanol–water partition coefficient (Wildman–Crippen LogP) is 12.7. The van der Waals surface area contributed by atoms with Crippen LogP contribution >= 0.6 is 11.3 Å². The second-order valence-corrected chi connectivity index (χ2v) is 13.8. The minimum absolute atomic E-state index is 0.550. The summed E-state index contributed by atoms with van der Waals surface area (Å²) < 4.78 is 15.6. The van der Waals surface area contributed by atoms with E-state index in [-0.39, 0.29) is 0 Å². The second kappa shape index (κ2) is 10.9. The molecule has 0 atom stereocenters. The fourth-order valence-corrected chi connectivity index (χ4v) is 8.61. The largest absolute Gasteiger partial charge is 0.456 e. The molecule has 0 saturated heterocycles. The van der Waals surface area contributed by atoms with Crippen LogP contribution < -0.4 is 0 Å². The Kier molecular flexibility index (Phi) is 6.05. The van der Waals surface area contributed by atoms with Crippen molar-refractivity contribution in [3.8, 4) is 45.3 Å². The number of hydrogen-bond acceptors (Lipinski definition) is 6. The first-order valence-electron chi connectivity index (χ1n) is 16.9. The first-order chi connectivity index (χ1) is 25.3. The first-order valence-corrected chi connectivity index (χ1v) is 17.7. The number of aromatic nitrogens is 3. The van der Waals surface area contributed by atoms with Crippen LogP contribution in [0, 0.1) is 0 Å². The molecule has 0 saturated carbocycles. The van der Waals surface area contributed by atoms with E-state index < -0.39 is 0 Å². The second-order valence-electron chi connectivity index (χ2n) is 12.7. The Morgan fingerprint density at radius 2 is 0.980 bits per heavy atom. The quantitative estimate of drug-likeness (QED) is 0.186. The van der Waals surface area contributed by atoms with E-state index in [2.05, 4.69) is 84.9 Å². The van der Waals surface area contributed by atoms with E-state index in [9.17, 15) is 0 Å². The molecule has 4 aromatic heterocycles. The topological polar surface area (TPSA) is 65.0 Å².